The maximum Gasteiger partial charge on any atom is 0.308 e. The molecule has 0 radical (unpaired) electrons. The van der Waals surface area contributed by atoms with Crippen molar-refractivity contribution in [3.05, 3.63) is 12.2 Å². The summed E-state index contributed by atoms with van der Waals surface area (Å²) in [4.78, 5) is 22.2. The van der Waals surface area contributed by atoms with Gasteiger partial charge in [0.1, 0.15) is 0 Å². The Bertz CT molecular complexity index is 337. The molecule has 0 aliphatic rings. The number of allylic oxidation sites excluding steroid dienone is 1. The minimum atomic E-state index is -1.19. The molecule has 20 heavy (non-hydrogen) atoms. The van der Waals surface area contributed by atoms with Crippen LogP contribution < -0.4 is 0 Å². The van der Waals surface area contributed by atoms with Gasteiger partial charge >= 0.3 is 5.97 Å². The fourth-order valence-electron chi connectivity index (χ4n) is 1.29. The molecule has 0 saturated carbocycles. The molecular formula is C14H26O4SSi. The molecule has 4 nitrogen and oxygen atoms in total. The predicted octanol–water partition coefficient (Wildman–Crippen LogP) is 2.84. The highest BCUT2D eigenvalue weighted by atomic mass is 32.2. The van der Waals surface area contributed by atoms with Crippen LogP contribution in [0, 0.1) is 0 Å². The molecule has 0 bridgehead atoms. The molecule has 0 rings (SSSR count). The average Bonchev–Trinajstić information content (AvgIpc) is 2.26. The van der Waals surface area contributed by atoms with Gasteiger partial charge in [-0.1, -0.05) is 43.6 Å². The quantitative estimate of drug-likeness (QED) is 0.306. The Balaban J connectivity index is 3.73. The molecule has 0 aromatic rings. The van der Waals surface area contributed by atoms with Gasteiger partial charge in [-0.25, -0.2) is 0 Å². The first-order chi connectivity index (χ1) is 9.20. The summed E-state index contributed by atoms with van der Waals surface area (Å²) in [6, 6.07) is 0.937. The van der Waals surface area contributed by atoms with Crippen LogP contribution in [0.5, 0.6) is 0 Å². The van der Waals surface area contributed by atoms with E-state index in [4.69, 9.17) is 4.74 Å². The third kappa shape index (κ3) is 13.8. The molecule has 0 aromatic carbocycles. The Labute approximate surface area is 127 Å². The number of thioether (sulfide) groups is 1. The number of ether oxygens (including phenoxy) is 1. The van der Waals surface area contributed by atoms with Gasteiger partial charge in [-0.2, -0.15) is 0 Å². The average molecular weight is 319 g/mol. The normalized spacial score (nSPS) is 13.4. The van der Waals surface area contributed by atoms with Crippen molar-refractivity contribution in [2.45, 2.75) is 51.6 Å². The molecule has 0 unspecified atom stereocenters. The second kappa shape index (κ2) is 10.2. The van der Waals surface area contributed by atoms with Gasteiger partial charge in [0.15, 0.2) is 5.12 Å². The second-order valence-corrected chi connectivity index (χ2v) is 12.8. The van der Waals surface area contributed by atoms with Gasteiger partial charge in [-0.3, -0.25) is 9.59 Å². The SMILES string of the molecule is CC(=O)SCC/C=C/[C@@H](O)CC(=O)OCC[Si](C)(C)C. The zero-order valence-corrected chi connectivity index (χ0v) is 14.7. The fraction of sp³-hybridized carbons (Fsp3) is 0.714. The van der Waals surface area contributed by atoms with Crippen molar-refractivity contribution in [3.8, 4) is 0 Å². The smallest absolute Gasteiger partial charge is 0.308 e. The van der Waals surface area contributed by atoms with Crippen LogP contribution in [0.15, 0.2) is 12.2 Å². The molecule has 0 aliphatic carbocycles. The molecule has 116 valence electrons. The van der Waals surface area contributed by atoms with E-state index in [0.717, 1.165) is 6.04 Å². The monoisotopic (exact) mass is 318 g/mol. The van der Waals surface area contributed by atoms with E-state index >= 15 is 0 Å². The van der Waals surface area contributed by atoms with Crippen LogP contribution in [-0.2, 0) is 14.3 Å². The molecule has 0 saturated heterocycles. The van der Waals surface area contributed by atoms with E-state index in [9.17, 15) is 14.7 Å². The zero-order chi connectivity index (χ0) is 15.6. The van der Waals surface area contributed by atoms with Gasteiger partial charge in [0.25, 0.3) is 0 Å². The first kappa shape index (κ1) is 19.4. The molecule has 0 heterocycles. The van der Waals surface area contributed by atoms with Gasteiger partial charge in [-0.05, 0) is 12.5 Å². The maximum atomic E-state index is 11.5. The topological polar surface area (TPSA) is 63.6 Å². The lowest BCUT2D eigenvalue weighted by Crippen LogP contribution is -2.23. The fourth-order valence-corrected chi connectivity index (χ4v) is 2.55. The molecule has 1 atom stereocenters. The maximum absolute atomic E-state index is 11.5. The lowest BCUT2D eigenvalue weighted by Gasteiger charge is -2.15. The van der Waals surface area contributed by atoms with Crippen molar-refractivity contribution in [1.29, 1.82) is 0 Å². The molecule has 0 spiro atoms. The highest BCUT2D eigenvalue weighted by Gasteiger charge is 2.15. The zero-order valence-electron chi connectivity index (χ0n) is 12.8. The number of hydrogen-bond acceptors (Lipinski definition) is 5. The summed E-state index contributed by atoms with van der Waals surface area (Å²) < 4.78 is 5.10. The van der Waals surface area contributed by atoms with Crippen molar-refractivity contribution in [2.24, 2.45) is 0 Å². The summed E-state index contributed by atoms with van der Waals surface area (Å²) in [5.74, 6) is 0.331. The highest BCUT2D eigenvalue weighted by Crippen LogP contribution is 2.09. The van der Waals surface area contributed by atoms with Crippen molar-refractivity contribution >= 4 is 30.9 Å². The number of esters is 1. The standard InChI is InChI=1S/C14H26O4SSi/c1-12(15)19-9-6-5-7-13(16)11-14(17)18-8-10-20(2,3)4/h5,7,13,16H,6,8-11H2,1-4H3/b7-5+/t13-/m1/s1. The van der Waals surface area contributed by atoms with Crippen LogP contribution in [0.4, 0.5) is 0 Å². The first-order valence-corrected chi connectivity index (χ1v) is 11.5. The summed E-state index contributed by atoms with van der Waals surface area (Å²) in [6.07, 6.45) is 3.25. The lowest BCUT2D eigenvalue weighted by molar-refractivity contribution is -0.144. The van der Waals surface area contributed by atoms with Gasteiger partial charge < -0.3 is 9.84 Å². The predicted molar refractivity (Wildman–Crippen MR) is 86.6 cm³/mol. The molecule has 0 aliphatic heterocycles. The minimum absolute atomic E-state index is 0.0119. The Morgan fingerprint density at radius 2 is 2.00 bits per heavy atom. The van der Waals surface area contributed by atoms with E-state index in [1.54, 1.807) is 12.2 Å². The van der Waals surface area contributed by atoms with Gasteiger partial charge in [0, 0.05) is 20.8 Å². The van der Waals surface area contributed by atoms with Crippen LogP contribution in [0.3, 0.4) is 0 Å². The number of hydrogen-bond donors (Lipinski definition) is 1. The minimum Gasteiger partial charge on any atom is -0.466 e. The Hall–Kier alpha value is -0.593. The van der Waals surface area contributed by atoms with Crippen LogP contribution in [-0.4, -0.2) is 42.7 Å². The highest BCUT2D eigenvalue weighted by molar-refractivity contribution is 8.13. The van der Waals surface area contributed by atoms with E-state index in [-0.39, 0.29) is 17.5 Å². The second-order valence-electron chi connectivity index (χ2n) is 5.86. The molecular weight excluding hydrogens is 292 g/mol. The summed E-state index contributed by atoms with van der Waals surface area (Å²) in [5, 5.41) is 9.72. The van der Waals surface area contributed by atoms with Crippen molar-refractivity contribution in [1.82, 2.24) is 0 Å². The van der Waals surface area contributed by atoms with Crippen molar-refractivity contribution in [2.75, 3.05) is 12.4 Å². The molecule has 0 amide bonds. The number of aliphatic hydroxyl groups excluding tert-OH is 1. The van der Waals surface area contributed by atoms with Crippen molar-refractivity contribution in [3.63, 3.8) is 0 Å². The molecule has 0 fully saturated rings. The number of rotatable bonds is 9. The Kier molecular flexibility index (Phi) is 9.88. The van der Waals surface area contributed by atoms with Crippen molar-refractivity contribution < 1.29 is 19.4 Å². The number of carbonyl (C=O) groups is 2. The third-order valence-corrected chi connectivity index (χ3v) is 4.99. The Morgan fingerprint density at radius 1 is 1.35 bits per heavy atom. The number of carbonyl (C=O) groups excluding carboxylic acids is 2. The van der Waals surface area contributed by atoms with Crippen LogP contribution in [0.1, 0.15) is 19.8 Å². The van der Waals surface area contributed by atoms with E-state index in [2.05, 4.69) is 19.6 Å². The number of aliphatic hydroxyl groups is 1. The van der Waals surface area contributed by atoms with Gasteiger partial charge in [0.2, 0.25) is 0 Å². The largest absolute Gasteiger partial charge is 0.466 e. The summed E-state index contributed by atoms with van der Waals surface area (Å²) in [6.45, 7) is 8.63. The van der Waals surface area contributed by atoms with Gasteiger partial charge in [0.05, 0.1) is 19.1 Å². The molecule has 0 aromatic heterocycles. The third-order valence-electron chi connectivity index (χ3n) is 2.44. The summed E-state index contributed by atoms with van der Waals surface area (Å²) in [5.41, 5.74) is 0. The summed E-state index contributed by atoms with van der Waals surface area (Å²) in [7, 11) is -1.19. The Morgan fingerprint density at radius 3 is 2.55 bits per heavy atom. The molecule has 1 N–H and O–H groups in total. The van der Waals surface area contributed by atoms with E-state index < -0.39 is 14.2 Å². The lowest BCUT2D eigenvalue weighted by atomic mass is 10.2. The first-order valence-electron chi connectivity index (χ1n) is 6.84. The molecule has 6 heteroatoms. The van der Waals surface area contributed by atoms with E-state index in [0.29, 0.717) is 18.8 Å². The van der Waals surface area contributed by atoms with Crippen LogP contribution >= 0.6 is 11.8 Å². The van der Waals surface area contributed by atoms with Gasteiger partial charge in [-0.15, -0.1) is 0 Å². The van der Waals surface area contributed by atoms with Crippen LogP contribution in [0.2, 0.25) is 25.7 Å². The summed E-state index contributed by atoms with van der Waals surface area (Å²) >= 11 is 1.25. The van der Waals surface area contributed by atoms with Crippen LogP contribution in [0.25, 0.3) is 0 Å². The van der Waals surface area contributed by atoms with E-state index in [1.165, 1.54) is 18.7 Å². The van der Waals surface area contributed by atoms with E-state index in [1.807, 2.05) is 0 Å².